The zero-order chi connectivity index (χ0) is 24.8. The zero-order valence-electron chi connectivity index (χ0n) is 18.4. The molecule has 33 heavy (non-hydrogen) atoms. The van der Waals surface area contributed by atoms with Crippen LogP contribution in [0.25, 0.3) is 0 Å². The number of amidine groups is 1. The van der Waals surface area contributed by atoms with E-state index >= 15 is 0 Å². The van der Waals surface area contributed by atoms with Crippen molar-refractivity contribution in [3.05, 3.63) is 57.9 Å². The molecule has 7 N–H and O–H groups in total. The maximum absolute atomic E-state index is 12.8. The number of aryl methyl sites for hydroxylation is 1. The lowest BCUT2D eigenvalue weighted by atomic mass is 10.0. The van der Waals surface area contributed by atoms with Crippen molar-refractivity contribution in [2.24, 2.45) is 17.4 Å². The predicted molar refractivity (Wildman–Crippen MR) is 123 cm³/mol. The Bertz CT molecular complexity index is 999. The second-order valence-corrected chi connectivity index (χ2v) is 8.22. The quantitative estimate of drug-likeness (QED) is 0.254. The minimum absolute atomic E-state index is 0.0232. The highest BCUT2D eigenvalue weighted by molar-refractivity contribution is 6.31. The fourth-order valence-corrected chi connectivity index (χ4v) is 3.51. The molecule has 0 fully saturated rings. The molecule has 1 aromatic heterocycles. The third kappa shape index (κ3) is 7.69. The summed E-state index contributed by atoms with van der Waals surface area (Å²) in [4.78, 5) is 16.1. The van der Waals surface area contributed by atoms with Gasteiger partial charge in [-0.25, -0.2) is 4.98 Å². The fourth-order valence-electron chi connectivity index (χ4n) is 3.23. The number of nitrogens with zero attached hydrogens (tertiary/aromatic N) is 1. The summed E-state index contributed by atoms with van der Waals surface area (Å²) in [5.74, 6) is -0.324. The molecule has 1 aromatic carbocycles. The molecule has 2 aromatic rings. The van der Waals surface area contributed by atoms with Crippen LogP contribution in [0.1, 0.15) is 53.1 Å². The van der Waals surface area contributed by atoms with Gasteiger partial charge in [0.1, 0.15) is 5.69 Å². The van der Waals surface area contributed by atoms with Gasteiger partial charge in [0.15, 0.2) is 0 Å². The van der Waals surface area contributed by atoms with Crippen molar-refractivity contribution in [3.8, 4) is 0 Å². The van der Waals surface area contributed by atoms with E-state index in [2.05, 4.69) is 15.6 Å². The molecule has 2 unspecified atom stereocenters. The molecule has 0 radical (unpaired) electrons. The number of rotatable bonds is 10. The number of amides is 1. The Morgan fingerprint density at radius 3 is 2.55 bits per heavy atom. The van der Waals surface area contributed by atoms with Crippen molar-refractivity contribution in [2.45, 2.75) is 38.9 Å². The summed E-state index contributed by atoms with van der Waals surface area (Å²) in [7, 11) is 0. The van der Waals surface area contributed by atoms with Gasteiger partial charge < -0.3 is 22.1 Å². The average Bonchev–Trinajstić information content (AvgIpc) is 2.74. The largest absolute Gasteiger partial charge is 0.433 e. The molecule has 0 spiro atoms. The smallest absolute Gasteiger partial charge is 0.388 e. The van der Waals surface area contributed by atoms with Gasteiger partial charge in [0.25, 0.3) is 5.91 Å². The van der Waals surface area contributed by atoms with Gasteiger partial charge in [0.05, 0.1) is 17.1 Å². The summed E-state index contributed by atoms with van der Waals surface area (Å²) >= 11 is 6.34. The third-order valence-electron chi connectivity index (χ3n) is 5.21. The standard InChI is InChI=1S/C22H28ClF3N6O/c1-12(30-11-14(10-27)3-8-20(28)29)17-9-15(4-6-18(17)23)32-21(33)16-5-7-19(22(24,25)26)31-13(16)2/h4-7,9,12,14,30H,3,8,10-11,27H2,1-2H3,(H3,28,29)(H,32,33). The number of hydrogen-bond donors (Lipinski definition) is 5. The molecule has 2 atom stereocenters. The highest BCUT2D eigenvalue weighted by Crippen LogP contribution is 2.29. The van der Waals surface area contributed by atoms with Gasteiger partial charge in [-0.2, -0.15) is 13.2 Å². The van der Waals surface area contributed by atoms with Crippen molar-refractivity contribution in [1.29, 1.82) is 5.41 Å². The number of hydrogen-bond acceptors (Lipinski definition) is 5. The minimum atomic E-state index is -4.58. The van der Waals surface area contributed by atoms with Crippen molar-refractivity contribution in [3.63, 3.8) is 0 Å². The molecule has 0 saturated heterocycles. The van der Waals surface area contributed by atoms with Gasteiger partial charge in [-0.05, 0) is 75.2 Å². The Morgan fingerprint density at radius 1 is 1.27 bits per heavy atom. The Hall–Kier alpha value is -2.69. The highest BCUT2D eigenvalue weighted by atomic mass is 35.5. The molecule has 2 rings (SSSR count). The molecule has 1 heterocycles. The van der Waals surface area contributed by atoms with E-state index in [1.807, 2.05) is 6.92 Å². The number of nitrogens with two attached hydrogens (primary N) is 2. The van der Waals surface area contributed by atoms with E-state index in [0.29, 0.717) is 36.6 Å². The van der Waals surface area contributed by atoms with Crippen LogP contribution in [0.2, 0.25) is 5.02 Å². The maximum atomic E-state index is 12.8. The summed E-state index contributed by atoms with van der Waals surface area (Å²) in [6.07, 6.45) is -3.42. The van der Waals surface area contributed by atoms with Gasteiger partial charge in [0.2, 0.25) is 0 Å². The molecular formula is C22H28ClF3N6O. The van der Waals surface area contributed by atoms with E-state index in [9.17, 15) is 18.0 Å². The van der Waals surface area contributed by atoms with E-state index in [0.717, 1.165) is 17.7 Å². The first-order chi connectivity index (χ1) is 15.4. The molecule has 7 nitrogen and oxygen atoms in total. The first-order valence-electron chi connectivity index (χ1n) is 10.3. The second kappa shape index (κ2) is 11.4. The molecule has 180 valence electrons. The summed E-state index contributed by atoms with van der Waals surface area (Å²) in [6, 6.07) is 6.67. The van der Waals surface area contributed by atoms with Crippen LogP contribution in [0, 0.1) is 18.3 Å². The number of aromatic nitrogens is 1. The lowest BCUT2D eigenvalue weighted by Crippen LogP contribution is -2.31. The second-order valence-electron chi connectivity index (χ2n) is 7.81. The Labute approximate surface area is 195 Å². The molecule has 0 bridgehead atoms. The van der Waals surface area contributed by atoms with Crippen molar-refractivity contribution < 1.29 is 18.0 Å². The van der Waals surface area contributed by atoms with Crippen molar-refractivity contribution >= 4 is 29.0 Å². The van der Waals surface area contributed by atoms with Crippen LogP contribution in [-0.4, -0.2) is 29.8 Å². The van der Waals surface area contributed by atoms with Crippen LogP contribution in [0.15, 0.2) is 30.3 Å². The Morgan fingerprint density at radius 2 is 1.97 bits per heavy atom. The fraction of sp³-hybridized carbons (Fsp3) is 0.409. The van der Waals surface area contributed by atoms with Gasteiger partial charge in [-0.1, -0.05) is 11.6 Å². The molecule has 0 aliphatic heterocycles. The van der Waals surface area contributed by atoms with Crippen molar-refractivity contribution in [2.75, 3.05) is 18.4 Å². The monoisotopic (exact) mass is 484 g/mol. The number of pyridine rings is 1. The lowest BCUT2D eigenvalue weighted by Gasteiger charge is -2.21. The SMILES string of the molecule is Cc1nc(C(F)(F)F)ccc1C(=O)Nc1ccc(Cl)c(C(C)NCC(CN)CCC(=N)N)c1. The molecular weight excluding hydrogens is 457 g/mol. The van der Waals surface area contributed by atoms with Gasteiger partial charge in [-0.15, -0.1) is 0 Å². The first-order valence-corrected chi connectivity index (χ1v) is 10.7. The number of alkyl halides is 3. The summed E-state index contributed by atoms with van der Waals surface area (Å²) < 4.78 is 38.4. The normalized spacial score (nSPS) is 13.4. The molecule has 0 saturated carbocycles. The third-order valence-corrected chi connectivity index (χ3v) is 5.55. The molecule has 0 aliphatic carbocycles. The minimum Gasteiger partial charge on any atom is -0.388 e. The van der Waals surface area contributed by atoms with E-state index in [1.165, 1.54) is 6.92 Å². The molecule has 0 aliphatic rings. The number of halogens is 4. The van der Waals surface area contributed by atoms with E-state index in [4.69, 9.17) is 28.5 Å². The summed E-state index contributed by atoms with van der Waals surface area (Å²) in [5.41, 5.74) is 11.4. The number of anilines is 1. The first kappa shape index (κ1) is 26.6. The zero-order valence-corrected chi connectivity index (χ0v) is 19.1. The summed E-state index contributed by atoms with van der Waals surface area (Å²) in [6.45, 7) is 4.30. The topological polar surface area (TPSA) is 130 Å². The number of benzene rings is 1. The average molecular weight is 485 g/mol. The van der Waals surface area contributed by atoms with Crippen LogP contribution in [-0.2, 0) is 6.18 Å². The van der Waals surface area contributed by atoms with Gasteiger partial charge >= 0.3 is 6.18 Å². The van der Waals surface area contributed by atoms with Crippen LogP contribution in [0.3, 0.4) is 0 Å². The lowest BCUT2D eigenvalue weighted by molar-refractivity contribution is -0.141. The molecule has 11 heteroatoms. The Kier molecular flexibility index (Phi) is 9.21. The van der Waals surface area contributed by atoms with Gasteiger partial charge in [0, 0.05) is 23.2 Å². The van der Waals surface area contributed by atoms with E-state index < -0.39 is 17.8 Å². The van der Waals surface area contributed by atoms with Crippen molar-refractivity contribution in [1.82, 2.24) is 10.3 Å². The number of nitrogens with one attached hydrogen (secondary N) is 3. The number of carbonyl (C=O) groups excluding carboxylic acids is 1. The van der Waals surface area contributed by atoms with E-state index in [-0.39, 0.29) is 29.1 Å². The Balaban J connectivity index is 2.10. The van der Waals surface area contributed by atoms with Crippen LogP contribution >= 0.6 is 11.6 Å². The predicted octanol–water partition coefficient (Wildman–Crippen LogP) is 4.26. The van der Waals surface area contributed by atoms with Crippen LogP contribution in [0.5, 0.6) is 0 Å². The van der Waals surface area contributed by atoms with Crippen LogP contribution < -0.4 is 22.1 Å². The van der Waals surface area contributed by atoms with E-state index in [1.54, 1.807) is 18.2 Å². The van der Waals surface area contributed by atoms with Gasteiger partial charge in [-0.3, -0.25) is 10.2 Å². The summed E-state index contributed by atoms with van der Waals surface area (Å²) in [5, 5.41) is 13.9. The number of carbonyl (C=O) groups is 1. The maximum Gasteiger partial charge on any atom is 0.433 e. The van der Waals surface area contributed by atoms with Crippen LogP contribution in [0.4, 0.5) is 18.9 Å². The molecule has 1 amide bonds. The highest BCUT2D eigenvalue weighted by Gasteiger charge is 2.33.